The Morgan fingerprint density at radius 3 is 2.88 bits per heavy atom. The van der Waals surface area contributed by atoms with E-state index in [9.17, 15) is 4.79 Å². The summed E-state index contributed by atoms with van der Waals surface area (Å²) in [7, 11) is 0. The lowest BCUT2D eigenvalue weighted by molar-refractivity contribution is -0.151. The lowest BCUT2D eigenvalue weighted by atomic mass is 9.89. The Balaban J connectivity index is 2.22. The highest BCUT2D eigenvalue weighted by atomic mass is 16.5. The van der Waals surface area contributed by atoms with E-state index in [1.807, 2.05) is 0 Å². The highest BCUT2D eigenvalue weighted by Crippen LogP contribution is 2.26. The fourth-order valence-corrected chi connectivity index (χ4v) is 2.41. The van der Waals surface area contributed by atoms with Gasteiger partial charge in [-0.1, -0.05) is 26.7 Å². The Bertz CT molecular complexity index is 218. The smallest absolute Gasteiger partial charge is 0.307 e. The van der Waals surface area contributed by atoms with Crippen LogP contribution in [0, 0.1) is 5.92 Å². The van der Waals surface area contributed by atoms with Gasteiger partial charge in [0.15, 0.2) is 0 Å². The van der Waals surface area contributed by atoms with Crippen molar-refractivity contribution in [1.29, 1.82) is 0 Å². The Labute approximate surface area is 98.7 Å². The molecule has 0 aromatic rings. The first-order valence-corrected chi connectivity index (χ1v) is 6.56. The zero-order chi connectivity index (χ0) is 12.0. The van der Waals surface area contributed by atoms with E-state index in [0.29, 0.717) is 12.3 Å². The Morgan fingerprint density at radius 1 is 1.50 bits per heavy atom. The predicted octanol–water partition coefficient (Wildman–Crippen LogP) is 2.63. The Hall–Kier alpha value is -0.570. The largest absolute Gasteiger partial charge is 0.462 e. The molecule has 3 atom stereocenters. The molecule has 0 aromatic heterocycles. The topological polar surface area (TPSA) is 52.3 Å². The highest BCUT2D eigenvalue weighted by molar-refractivity contribution is 5.70. The van der Waals surface area contributed by atoms with Gasteiger partial charge in [0.05, 0.1) is 6.42 Å². The molecule has 0 saturated heterocycles. The number of esters is 1. The van der Waals surface area contributed by atoms with Gasteiger partial charge in [0, 0.05) is 6.04 Å². The van der Waals surface area contributed by atoms with Crippen LogP contribution in [0.2, 0.25) is 0 Å². The van der Waals surface area contributed by atoms with Crippen LogP contribution in [0.25, 0.3) is 0 Å². The van der Waals surface area contributed by atoms with E-state index >= 15 is 0 Å². The summed E-state index contributed by atoms with van der Waals surface area (Å²) in [5.41, 5.74) is 5.82. The van der Waals surface area contributed by atoms with Gasteiger partial charge in [-0.15, -0.1) is 0 Å². The minimum atomic E-state index is -0.111. The van der Waals surface area contributed by atoms with Crippen molar-refractivity contribution >= 4 is 5.97 Å². The van der Waals surface area contributed by atoms with E-state index in [-0.39, 0.29) is 18.1 Å². The first kappa shape index (κ1) is 13.5. The number of carbonyl (C=O) groups is 1. The molecule has 3 unspecified atom stereocenters. The van der Waals surface area contributed by atoms with Crippen LogP contribution in [-0.2, 0) is 9.53 Å². The van der Waals surface area contributed by atoms with E-state index in [1.165, 1.54) is 12.8 Å². The minimum Gasteiger partial charge on any atom is -0.462 e. The van der Waals surface area contributed by atoms with Crippen LogP contribution in [0.15, 0.2) is 0 Å². The normalized spacial score (nSPS) is 27.4. The molecule has 94 valence electrons. The quantitative estimate of drug-likeness (QED) is 0.735. The van der Waals surface area contributed by atoms with Gasteiger partial charge in [0.2, 0.25) is 0 Å². The molecule has 1 aliphatic carbocycles. The zero-order valence-electron chi connectivity index (χ0n) is 10.6. The number of ether oxygens (including phenoxy) is 1. The van der Waals surface area contributed by atoms with Crippen molar-refractivity contribution in [3.8, 4) is 0 Å². The third-order valence-electron chi connectivity index (χ3n) is 3.27. The van der Waals surface area contributed by atoms with Crippen molar-refractivity contribution in [3.63, 3.8) is 0 Å². The molecule has 3 heteroatoms. The minimum absolute atomic E-state index is 0.0292. The lowest BCUT2D eigenvalue weighted by Gasteiger charge is -2.26. The molecular formula is C13H25NO2. The molecule has 16 heavy (non-hydrogen) atoms. The standard InChI is InChI=1S/C13H25NO2/c1-3-5-11(14)9-13(15)16-12-7-4-6-10(2)8-12/h10-12H,3-9,14H2,1-2H3. The van der Waals surface area contributed by atoms with E-state index < -0.39 is 0 Å². The summed E-state index contributed by atoms with van der Waals surface area (Å²) in [6.07, 6.45) is 6.94. The molecule has 1 saturated carbocycles. The molecule has 0 spiro atoms. The van der Waals surface area contributed by atoms with Gasteiger partial charge in [-0.2, -0.15) is 0 Å². The highest BCUT2D eigenvalue weighted by Gasteiger charge is 2.22. The number of rotatable bonds is 5. The average Bonchev–Trinajstić information content (AvgIpc) is 2.17. The van der Waals surface area contributed by atoms with Crippen molar-refractivity contribution in [2.75, 3.05) is 0 Å². The summed E-state index contributed by atoms with van der Waals surface area (Å²) < 4.78 is 5.46. The fourth-order valence-electron chi connectivity index (χ4n) is 2.41. The van der Waals surface area contributed by atoms with E-state index in [0.717, 1.165) is 25.7 Å². The van der Waals surface area contributed by atoms with E-state index in [4.69, 9.17) is 10.5 Å². The fraction of sp³-hybridized carbons (Fsp3) is 0.923. The maximum absolute atomic E-state index is 11.6. The lowest BCUT2D eigenvalue weighted by Crippen LogP contribution is -2.29. The molecule has 0 bridgehead atoms. The van der Waals surface area contributed by atoms with Gasteiger partial charge in [0.25, 0.3) is 0 Å². The first-order valence-electron chi connectivity index (χ1n) is 6.56. The first-order chi connectivity index (χ1) is 7.61. The van der Waals surface area contributed by atoms with Gasteiger partial charge in [0.1, 0.15) is 6.10 Å². The van der Waals surface area contributed by atoms with E-state index in [2.05, 4.69) is 13.8 Å². The molecule has 0 aliphatic heterocycles. The second-order valence-electron chi connectivity index (χ2n) is 5.14. The SMILES string of the molecule is CCCC(N)CC(=O)OC1CCCC(C)C1. The van der Waals surface area contributed by atoms with Gasteiger partial charge in [-0.25, -0.2) is 0 Å². The van der Waals surface area contributed by atoms with Crippen LogP contribution in [0.4, 0.5) is 0 Å². The van der Waals surface area contributed by atoms with Crippen molar-refractivity contribution in [3.05, 3.63) is 0 Å². The van der Waals surface area contributed by atoms with E-state index in [1.54, 1.807) is 0 Å². The van der Waals surface area contributed by atoms with Crippen molar-refractivity contribution in [2.45, 2.75) is 70.9 Å². The third kappa shape index (κ3) is 4.97. The summed E-state index contributed by atoms with van der Waals surface area (Å²) in [6, 6.07) is -0.0292. The Morgan fingerprint density at radius 2 is 2.25 bits per heavy atom. The summed E-state index contributed by atoms with van der Waals surface area (Å²) in [5.74, 6) is 0.580. The summed E-state index contributed by atoms with van der Waals surface area (Å²) >= 11 is 0. The third-order valence-corrected chi connectivity index (χ3v) is 3.27. The van der Waals surface area contributed by atoms with Gasteiger partial charge >= 0.3 is 5.97 Å². The number of hydrogen-bond acceptors (Lipinski definition) is 3. The van der Waals surface area contributed by atoms with Gasteiger partial charge in [-0.3, -0.25) is 4.79 Å². The molecule has 3 nitrogen and oxygen atoms in total. The molecule has 0 aromatic carbocycles. The molecular weight excluding hydrogens is 202 g/mol. The second-order valence-corrected chi connectivity index (χ2v) is 5.14. The summed E-state index contributed by atoms with van der Waals surface area (Å²) in [6.45, 7) is 4.30. The maximum atomic E-state index is 11.6. The maximum Gasteiger partial charge on any atom is 0.307 e. The molecule has 2 N–H and O–H groups in total. The van der Waals surface area contributed by atoms with Crippen LogP contribution in [0.1, 0.15) is 58.8 Å². The van der Waals surface area contributed by atoms with Gasteiger partial charge in [-0.05, 0) is 31.6 Å². The van der Waals surface area contributed by atoms with Crippen molar-refractivity contribution < 1.29 is 9.53 Å². The van der Waals surface area contributed by atoms with Crippen LogP contribution in [0.3, 0.4) is 0 Å². The van der Waals surface area contributed by atoms with Crippen molar-refractivity contribution in [2.24, 2.45) is 11.7 Å². The van der Waals surface area contributed by atoms with Crippen LogP contribution in [-0.4, -0.2) is 18.1 Å². The van der Waals surface area contributed by atoms with Crippen molar-refractivity contribution in [1.82, 2.24) is 0 Å². The predicted molar refractivity (Wildman–Crippen MR) is 65.0 cm³/mol. The molecule has 1 aliphatic rings. The Kier molecular flexibility index (Phi) is 5.81. The average molecular weight is 227 g/mol. The van der Waals surface area contributed by atoms with Crippen LogP contribution in [0.5, 0.6) is 0 Å². The van der Waals surface area contributed by atoms with Gasteiger partial charge < -0.3 is 10.5 Å². The molecule has 0 radical (unpaired) electrons. The van der Waals surface area contributed by atoms with Crippen LogP contribution < -0.4 is 5.73 Å². The van der Waals surface area contributed by atoms with Crippen LogP contribution >= 0.6 is 0 Å². The number of hydrogen-bond donors (Lipinski definition) is 1. The molecule has 0 amide bonds. The number of nitrogens with two attached hydrogens (primary N) is 1. The zero-order valence-corrected chi connectivity index (χ0v) is 10.6. The summed E-state index contributed by atoms with van der Waals surface area (Å²) in [5, 5.41) is 0. The summed E-state index contributed by atoms with van der Waals surface area (Å²) in [4.78, 5) is 11.6. The molecule has 1 fully saturated rings. The molecule has 0 heterocycles. The monoisotopic (exact) mass is 227 g/mol. The second kappa shape index (κ2) is 6.89. The molecule has 1 rings (SSSR count). The number of carbonyl (C=O) groups excluding carboxylic acids is 1.